The molecule has 164 valence electrons. The number of ether oxygens (including phenoxy) is 2. The summed E-state index contributed by atoms with van der Waals surface area (Å²) in [6, 6.07) is 1.44. The van der Waals surface area contributed by atoms with Gasteiger partial charge in [0.25, 0.3) is 5.91 Å². The van der Waals surface area contributed by atoms with E-state index in [4.69, 9.17) is 15.2 Å². The van der Waals surface area contributed by atoms with Gasteiger partial charge in [-0.3, -0.25) is 9.79 Å². The summed E-state index contributed by atoms with van der Waals surface area (Å²) in [5, 5.41) is 8.76. The number of fused-ring (bicyclic) bond motifs is 1. The quantitative estimate of drug-likeness (QED) is 0.466. The molecule has 0 saturated carbocycles. The topological polar surface area (TPSA) is 140 Å². The van der Waals surface area contributed by atoms with E-state index < -0.39 is 11.7 Å². The molecule has 0 aliphatic carbocycles. The van der Waals surface area contributed by atoms with Crippen LogP contribution in [0.15, 0.2) is 17.3 Å². The van der Waals surface area contributed by atoms with Crippen LogP contribution >= 0.6 is 0 Å². The number of nitrogens with one attached hydrogen (secondary N) is 3. The van der Waals surface area contributed by atoms with E-state index in [1.54, 1.807) is 47.2 Å². The highest BCUT2D eigenvalue weighted by molar-refractivity contribution is 6.14. The maximum absolute atomic E-state index is 12.2. The number of allylic oxidation sites excluding steroid dienone is 1. The Morgan fingerprint density at radius 3 is 2.80 bits per heavy atom. The fourth-order valence-electron chi connectivity index (χ4n) is 2.93. The van der Waals surface area contributed by atoms with Gasteiger partial charge in [0.05, 0.1) is 23.9 Å². The van der Waals surface area contributed by atoms with Crippen LogP contribution in [0.3, 0.4) is 0 Å². The summed E-state index contributed by atoms with van der Waals surface area (Å²) in [4.78, 5) is 32.9. The maximum atomic E-state index is 12.2. The third-order valence-corrected chi connectivity index (χ3v) is 4.11. The zero-order valence-electron chi connectivity index (χ0n) is 18.0. The van der Waals surface area contributed by atoms with Crippen molar-refractivity contribution in [2.24, 2.45) is 10.7 Å². The molecule has 0 radical (unpaired) electrons. The van der Waals surface area contributed by atoms with Crippen LogP contribution in [-0.2, 0) is 16.0 Å². The molecule has 0 saturated heterocycles. The molecule has 0 spiro atoms. The van der Waals surface area contributed by atoms with Crippen LogP contribution in [0.25, 0.3) is 5.57 Å². The van der Waals surface area contributed by atoms with E-state index in [0.717, 1.165) is 5.56 Å². The summed E-state index contributed by atoms with van der Waals surface area (Å²) in [6.07, 6.45) is 2.38. The van der Waals surface area contributed by atoms with Gasteiger partial charge in [-0.25, -0.2) is 9.78 Å². The molecule has 0 bridgehead atoms. The van der Waals surface area contributed by atoms with Gasteiger partial charge in [-0.2, -0.15) is 0 Å². The van der Waals surface area contributed by atoms with Crippen LogP contribution in [0, 0.1) is 0 Å². The predicted molar refractivity (Wildman–Crippen MR) is 116 cm³/mol. The first-order valence-electron chi connectivity index (χ1n) is 9.57. The lowest BCUT2D eigenvalue weighted by molar-refractivity contribution is 0.0474. The number of aliphatic imine (C=N–C) groups is 1. The first-order valence-corrected chi connectivity index (χ1v) is 9.57. The van der Waals surface area contributed by atoms with E-state index in [-0.39, 0.29) is 18.6 Å². The number of aromatic nitrogens is 1. The van der Waals surface area contributed by atoms with Gasteiger partial charge < -0.3 is 31.2 Å². The Morgan fingerprint density at radius 1 is 1.47 bits per heavy atom. The van der Waals surface area contributed by atoms with Crippen molar-refractivity contribution in [3.63, 3.8) is 0 Å². The summed E-state index contributed by atoms with van der Waals surface area (Å²) < 4.78 is 10.5. The zero-order valence-corrected chi connectivity index (χ0v) is 18.0. The van der Waals surface area contributed by atoms with E-state index in [1.165, 1.54) is 6.20 Å². The second-order valence-electron chi connectivity index (χ2n) is 7.76. The van der Waals surface area contributed by atoms with E-state index in [0.29, 0.717) is 35.7 Å². The number of hydrogen-bond donors (Lipinski definition) is 4. The number of rotatable bonds is 8. The van der Waals surface area contributed by atoms with Crippen molar-refractivity contribution in [3.8, 4) is 0 Å². The largest absolute Gasteiger partial charge is 0.444 e. The molecule has 1 aromatic heterocycles. The molecule has 1 atom stereocenters. The monoisotopic (exact) mass is 418 g/mol. The van der Waals surface area contributed by atoms with Gasteiger partial charge in [0.1, 0.15) is 11.4 Å². The van der Waals surface area contributed by atoms with E-state index in [2.05, 4.69) is 25.9 Å². The average Bonchev–Trinajstić information content (AvgIpc) is 3.03. The van der Waals surface area contributed by atoms with Crippen LogP contribution in [0.1, 0.15) is 42.4 Å². The van der Waals surface area contributed by atoms with Crippen molar-refractivity contribution < 1.29 is 19.1 Å². The molecule has 1 aromatic rings. The smallest absolute Gasteiger partial charge is 0.408 e. The molecule has 1 aliphatic heterocycles. The Kier molecular flexibility index (Phi) is 7.76. The number of carbonyl (C=O) groups excluding carboxylic acids is 2. The second-order valence-corrected chi connectivity index (χ2v) is 7.76. The average molecular weight is 418 g/mol. The Hall–Kier alpha value is -3.14. The second kappa shape index (κ2) is 10.1. The van der Waals surface area contributed by atoms with Crippen molar-refractivity contribution in [1.29, 1.82) is 0 Å². The lowest BCUT2D eigenvalue weighted by Gasteiger charge is -2.23. The van der Waals surface area contributed by atoms with E-state index in [9.17, 15) is 9.59 Å². The Bertz CT molecular complexity index is 844. The minimum Gasteiger partial charge on any atom is -0.444 e. The number of hydrogen-bond acceptors (Lipinski definition) is 8. The summed E-state index contributed by atoms with van der Waals surface area (Å²) in [5.74, 6) is 0.336. The molecule has 0 aromatic carbocycles. The number of nitrogens with two attached hydrogens (primary N) is 1. The van der Waals surface area contributed by atoms with Gasteiger partial charge in [-0.15, -0.1) is 0 Å². The fraction of sp³-hybridized carbons (Fsp3) is 0.500. The van der Waals surface area contributed by atoms with Crippen LogP contribution in [0.4, 0.5) is 10.6 Å². The van der Waals surface area contributed by atoms with Gasteiger partial charge >= 0.3 is 6.09 Å². The molecule has 30 heavy (non-hydrogen) atoms. The number of pyridine rings is 1. The molecule has 5 N–H and O–H groups in total. The molecular formula is C20H30N6O4. The molecule has 0 fully saturated rings. The van der Waals surface area contributed by atoms with E-state index in [1.807, 2.05) is 0 Å². The molecule has 2 heterocycles. The third-order valence-electron chi connectivity index (χ3n) is 4.11. The zero-order chi connectivity index (χ0) is 22.3. The fourth-order valence-corrected chi connectivity index (χ4v) is 2.93. The number of amides is 2. The van der Waals surface area contributed by atoms with Crippen LogP contribution in [0.2, 0.25) is 0 Å². The summed E-state index contributed by atoms with van der Waals surface area (Å²) in [7, 11) is 3.17. The maximum Gasteiger partial charge on any atom is 0.408 e. The third kappa shape index (κ3) is 6.18. The number of anilines is 1. The summed E-state index contributed by atoms with van der Waals surface area (Å²) in [5.41, 5.74) is 7.40. The van der Waals surface area contributed by atoms with Gasteiger partial charge in [-0.1, -0.05) is 0 Å². The van der Waals surface area contributed by atoms with Crippen molar-refractivity contribution in [1.82, 2.24) is 15.6 Å². The van der Waals surface area contributed by atoms with Gasteiger partial charge in [0, 0.05) is 45.2 Å². The van der Waals surface area contributed by atoms with Crippen molar-refractivity contribution in [3.05, 3.63) is 29.1 Å². The molecular weight excluding hydrogens is 388 g/mol. The van der Waals surface area contributed by atoms with Gasteiger partial charge in [-0.05, 0) is 32.4 Å². The highest BCUT2D eigenvalue weighted by Gasteiger charge is 2.26. The standard InChI is InChI=1S/C20H30N6O4/c1-20(2,3)30-19(28)25-14(11-29-5)10-23-15-6-12-9-24-18(27)16(12)17(26-15)13(7-21)8-22-4/h6-8,14H,9-11,21H2,1-5H3,(H,23,26)(H,24,27)(H,25,28). The van der Waals surface area contributed by atoms with E-state index >= 15 is 0 Å². The van der Waals surface area contributed by atoms with Crippen LogP contribution in [0.5, 0.6) is 0 Å². The predicted octanol–water partition coefficient (Wildman–Crippen LogP) is 1.28. The SMILES string of the molecule is CN=CC(=CN)c1nc(NCC(COC)NC(=O)OC(C)(C)C)cc2c1C(=O)NC2. The van der Waals surface area contributed by atoms with Gasteiger partial charge in [0.15, 0.2) is 0 Å². The molecule has 2 amide bonds. The Balaban J connectivity index is 2.21. The number of carbonyl (C=O) groups is 2. The first-order chi connectivity index (χ1) is 14.2. The molecule has 1 aliphatic rings. The normalized spacial score (nSPS) is 15.0. The van der Waals surface area contributed by atoms with Gasteiger partial charge in [0.2, 0.25) is 0 Å². The highest BCUT2D eigenvalue weighted by Crippen LogP contribution is 2.26. The molecule has 2 rings (SSSR count). The van der Waals surface area contributed by atoms with Crippen molar-refractivity contribution in [2.75, 3.05) is 32.6 Å². The van der Waals surface area contributed by atoms with Crippen molar-refractivity contribution >= 4 is 29.6 Å². The first kappa shape index (κ1) is 23.1. The van der Waals surface area contributed by atoms with Crippen LogP contribution < -0.4 is 21.7 Å². The number of nitrogens with zero attached hydrogens (tertiary/aromatic N) is 2. The van der Waals surface area contributed by atoms with Crippen LogP contribution in [-0.4, -0.2) is 62.2 Å². The molecule has 10 heteroatoms. The molecule has 1 unspecified atom stereocenters. The Labute approximate surface area is 176 Å². The molecule has 10 nitrogen and oxygen atoms in total. The lowest BCUT2D eigenvalue weighted by atomic mass is 10.0. The minimum atomic E-state index is -0.600. The lowest BCUT2D eigenvalue weighted by Crippen LogP contribution is -2.45. The number of methoxy groups -OCH3 is 1. The summed E-state index contributed by atoms with van der Waals surface area (Å²) >= 11 is 0. The Morgan fingerprint density at radius 2 is 2.20 bits per heavy atom. The summed E-state index contributed by atoms with van der Waals surface area (Å²) in [6.45, 7) is 6.40. The highest BCUT2D eigenvalue weighted by atomic mass is 16.6. The minimum absolute atomic E-state index is 0.202. The number of alkyl carbamates (subject to hydrolysis) is 1. The van der Waals surface area contributed by atoms with Crippen molar-refractivity contribution in [2.45, 2.75) is 39.0 Å².